The molecule has 2 amide bonds. The van der Waals surface area contributed by atoms with Crippen LogP contribution in [0, 0.1) is 0 Å². The number of benzene rings is 2. The second kappa shape index (κ2) is 7.40. The smallest absolute Gasteiger partial charge is 0.231 e. The molecule has 0 aromatic heterocycles. The van der Waals surface area contributed by atoms with Crippen LogP contribution in [0.1, 0.15) is 12.0 Å². The van der Waals surface area contributed by atoms with E-state index in [0.29, 0.717) is 17.0 Å². The van der Waals surface area contributed by atoms with E-state index in [1.165, 1.54) is 24.1 Å². The van der Waals surface area contributed by atoms with Gasteiger partial charge in [-0.25, -0.2) is 8.42 Å². The molecular formula is C19H20N2O5S. The number of nitrogens with one attached hydrogen (secondary N) is 1. The number of nitrogens with zero attached hydrogens (tertiary/aromatic N) is 1. The molecule has 27 heavy (non-hydrogen) atoms. The number of carbonyl (C=O) groups is 2. The van der Waals surface area contributed by atoms with Gasteiger partial charge in [-0.3, -0.25) is 9.59 Å². The fraction of sp³-hybridized carbons (Fsp3) is 0.263. The Kier molecular flexibility index (Phi) is 5.18. The summed E-state index contributed by atoms with van der Waals surface area (Å²) in [7, 11) is -0.451. The van der Waals surface area contributed by atoms with Crippen LogP contribution >= 0.6 is 0 Å². The van der Waals surface area contributed by atoms with Crippen molar-refractivity contribution >= 4 is 33.0 Å². The molecule has 0 radical (unpaired) electrons. The molecule has 0 aliphatic carbocycles. The first-order chi connectivity index (χ1) is 12.8. The molecule has 1 aliphatic rings. The van der Waals surface area contributed by atoms with Gasteiger partial charge in [-0.1, -0.05) is 6.07 Å². The monoisotopic (exact) mass is 388 g/mol. The van der Waals surface area contributed by atoms with Gasteiger partial charge in [-0.15, -0.1) is 0 Å². The highest BCUT2D eigenvalue weighted by Crippen LogP contribution is 2.30. The van der Waals surface area contributed by atoms with Crippen LogP contribution in [0.25, 0.3) is 0 Å². The number of hydrogen-bond acceptors (Lipinski definition) is 5. The van der Waals surface area contributed by atoms with Crippen molar-refractivity contribution in [2.75, 3.05) is 30.1 Å². The third-order valence-corrected chi connectivity index (χ3v) is 6.15. The van der Waals surface area contributed by atoms with Crippen molar-refractivity contribution in [1.82, 2.24) is 0 Å². The number of likely N-dealkylation sites (N-methyl/N-ethyl adjacent to an activating group) is 1. The lowest BCUT2D eigenvalue weighted by Crippen LogP contribution is -2.20. The summed E-state index contributed by atoms with van der Waals surface area (Å²) in [6.07, 6.45) is 0.0149. The fourth-order valence-corrected chi connectivity index (χ4v) is 4.20. The molecule has 2 aromatic carbocycles. The summed E-state index contributed by atoms with van der Waals surface area (Å²) in [5, 5.41) is 2.66. The maximum atomic E-state index is 12.6. The minimum Gasteiger partial charge on any atom is -0.497 e. The van der Waals surface area contributed by atoms with Crippen molar-refractivity contribution in [3.63, 3.8) is 0 Å². The third-order valence-electron chi connectivity index (χ3n) is 4.44. The first-order valence-corrected chi connectivity index (χ1v) is 10.0. The average Bonchev–Trinajstić information content (AvgIpc) is 2.94. The predicted molar refractivity (Wildman–Crippen MR) is 102 cm³/mol. The topological polar surface area (TPSA) is 92.8 Å². The highest BCUT2D eigenvalue weighted by atomic mass is 32.2. The zero-order valence-electron chi connectivity index (χ0n) is 15.1. The summed E-state index contributed by atoms with van der Waals surface area (Å²) in [5.41, 5.74) is 1.94. The third kappa shape index (κ3) is 4.11. The lowest BCUT2D eigenvalue weighted by atomic mass is 10.2. The van der Waals surface area contributed by atoms with Crippen LogP contribution < -0.4 is 15.0 Å². The van der Waals surface area contributed by atoms with Crippen LogP contribution in [0.3, 0.4) is 0 Å². The molecule has 142 valence electrons. The van der Waals surface area contributed by atoms with E-state index in [1.54, 1.807) is 37.4 Å². The first-order valence-electron chi connectivity index (χ1n) is 8.36. The summed E-state index contributed by atoms with van der Waals surface area (Å²) in [6, 6.07) is 11.5. The van der Waals surface area contributed by atoms with Crippen LogP contribution in [0.15, 0.2) is 47.4 Å². The van der Waals surface area contributed by atoms with Gasteiger partial charge >= 0.3 is 0 Å². The molecule has 2 aromatic rings. The van der Waals surface area contributed by atoms with E-state index in [2.05, 4.69) is 5.32 Å². The number of ether oxygens (including phenoxy) is 1. The van der Waals surface area contributed by atoms with E-state index >= 15 is 0 Å². The molecule has 7 nitrogen and oxygen atoms in total. The van der Waals surface area contributed by atoms with Gasteiger partial charge in [-0.05, 0) is 35.9 Å². The standard InChI is InChI=1S/C19H20N2O5S/c1-21-17-7-6-16(10-13(17)11-19(21)23)27(24,25)9-8-18(22)20-14-4-3-5-15(12-14)26-2/h3-7,10,12H,8-9,11H2,1-2H3,(H,20,22). The van der Waals surface area contributed by atoms with Crippen molar-refractivity contribution in [1.29, 1.82) is 0 Å². The zero-order valence-corrected chi connectivity index (χ0v) is 15.9. The summed E-state index contributed by atoms with van der Waals surface area (Å²) in [5.74, 6) is -0.191. The maximum Gasteiger partial charge on any atom is 0.231 e. The summed E-state index contributed by atoms with van der Waals surface area (Å²) in [6.45, 7) is 0. The second-order valence-corrected chi connectivity index (χ2v) is 8.38. The van der Waals surface area contributed by atoms with Crippen molar-refractivity contribution in [3.8, 4) is 5.75 Å². The molecule has 0 spiro atoms. The first kappa shape index (κ1) is 18.9. The van der Waals surface area contributed by atoms with Gasteiger partial charge in [0, 0.05) is 30.9 Å². The summed E-state index contributed by atoms with van der Waals surface area (Å²) in [4.78, 5) is 25.5. The largest absolute Gasteiger partial charge is 0.497 e. The number of hydrogen-bond donors (Lipinski definition) is 1. The summed E-state index contributed by atoms with van der Waals surface area (Å²) < 4.78 is 30.2. The Labute approximate surface area is 157 Å². The van der Waals surface area contributed by atoms with Crippen molar-refractivity contribution in [3.05, 3.63) is 48.0 Å². The van der Waals surface area contributed by atoms with Crippen molar-refractivity contribution < 1.29 is 22.7 Å². The van der Waals surface area contributed by atoms with Crippen LogP contribution in [0.4, 0.5) is 11.4 Å². The fourth-order valence-electron chi connectivity index (χ4n) is 2.91. The highest BCUT2D eigenvalue weighted by Gasteiger charge is 2.26. The van der Waals surface area contributed by atoms with E-state index in [0.717, 1.165) is 5.69 Å². The number of anilines is 2. The van der Waals surface area contributed by atoms with Gasteiger partial charge in [-0.2, -0.15) is 0 Å². The molecule has 0 bridgehead atoms. The van der Waals surface area contributed by atoms with Gasteiger partial charge in [0.05, 0.1) is 24.2 Å². The minimum absolute atomic E-state index is 0.0720. The van der Waals surface area contributed by atoms with E-state index < -0.39 is 15.7 Å². The SMILES string of the molecule is COc1cccc(NC(=O)CCS(=O)(=O)c2ccc3c(c2)CC(=O)N3C)c1. The number of rotatable bonds is 6. The van der Waals surface area contributed by atoms with Crippen LogP contribution in [0.5, 0.6) is 5.75 Å². The van der Waals surface area contributed by atoms with Gasteiger partial charge in [0.1, 0.15) is 5.75 Å². The second-order valence-electron chi connectivity index (χ2n) is 6.27. The van der Waals surface area contributed by atoms with E-state index in [4.69, 9.17) is 4.74 Å². The van der Waals surface area contributed by atoms with Crippen LogP contribution in [0.2, 0.25) is 0 Å². The molecule has 1 aliphatic heterocycles. The van der Waals surface area contributed by atoms with E-state index in [-0.39, 0.29) is 29.4 Å². The zero-order chi connectivity index (χ0) is 19.6. The molecule has 1 N–H and O–H groups in total. The Morgan fingerprint density at radius 2 is 2.00 bits per heavy atom. The normalized spacial score (nSPS) is 13.4. The van der Waals surface area contributed by atoms with Gasteiger partial charge in [0.25, 0.3) is 0 Å². The molecule has 0 saturated heterocycles. The van der Waals surface area contributed by atoms with Crippen molar-refractivity contribution in [2.45, 2.75) is 17.7 Å². The quantitative estimate of drug-likeness (QED) is 0.817. The summed E-state index contributed by atoms with van der Waals surface area (Å²) >= 11 is 0. The lowest BCUT2D eigenvalue weighted by Gasteiger charge is -2.11. The molecule has 8 heteroatoms. The van der Waals surface area contributed by atoms with Crippen LogP contribution in [-0.4, -0.2) is 40.1 Å². The number of sulfone groups is 1. The Morgan fingerprint density at radius 1 is 1.22 bits per heavy atom. The maximum absolute atomic E-state index is 12.6. The number of methoxy groups -OCH3 is 1. The molecule has 3 rings (SSSR count). The molecule has 0 fully saturated rings. The average molecular weight is 388 g/mol. The molecule has 0 unspecified atom stereocenters. The van der Waals surface area contributed by atoms with Gasteiger partial charge < -0.3 is 15.0 Å². The number of amides is 2. The molecule has 1 heterocycles. The molecule has 0 atom stereocenters. The Bertz CT molecular complexity index is 1000. The molecular weight excluding hydrogens is 368 g/mol. The van der Waals surface area contributed by atoms with E-state index in [1.807, 2.05) is 0 Å². The number of carbonyl (C=O) groups excluding carboxylic acids is 2. The highest BCUT2D eigenvalue weighted by molar-refractivity contribution is 7.91. The Balaban J connectivity index is 1.66. The molecule has 0 saturated carbocycles. The van der Waals surface area contributed by atoms with Gasteiger partial charge in [0.2, 0.25) is 11.8 Å². The van der Waals surface area contributed by atoms with Gasteiger partial charge in [0.15, 0.2) is 9.84 Å². The lowest BCUT2D eigenvalue weighted by molar-refractivity contribution is -0.117. The van der Waals surface area contributed by atoms with E-state index in [9.17, 15) is 18.0 Å². The predicted octanol–water partition coefficient (Wildman–Crippen LogP) is 2.02. The van der Waals surface area contributed by atoms with Crippen molar-refractivity contribution in [2.24, 2.45) is 0 Å². The Hall–Kier alpha value is -2.87. The number of fused-ring (bicyclic) bond motifs is 1. The van der Waals surface area contributed by atoms with Crippen LogP contribution in [-0.2, 0) is 25.8 Å². The Morgan fingerprint density at radius 3 is 2.74 bits per heavy atom. The minimum atomic E-state index is -3.63.